The number of ether oxygens (including phenoxy) is 1. The first-order valence-electron chi connectivity index (χ1n) is 9.10. The fraction of sp³-hybridized carbons (Fsp3) is 0.190. The molecule has 0 unspecified atom stereocenters. The normalized spacial score (nSPS) is 13.3. The largest absolute Gasteiger partial charge is 0.454 e. The van der Waals surface area contributed by atoms with E-state index in [9.17, 15) is 13.2 Å². The molecule has 0 aliphatic carbocycles. The van der Waals surface area contributed by atoms with Gasteiger partial charge >= 0.3 is 0 Å². The highest BCUT2D eigenvalue weighted by atomic mass is 32.2. The number of hydrogen-bond donors (Lipinski definition) is 1. The van der Waals surface area contributed by atoms with E-state index in [2.05, 4.69) is 4.72 Å². The number of carbonyl (C=O) groups excluding carboxylic acids is 1. The number of anilines is 2. The Kier molecular flexibility index (Phi) is 4.84. The van der Waals surface area contributed by atoms with Gasteiger partial charge in [0.1, 0.15) is 9.96 Å². The van der Waals surface area contributed by atoms with Crippen molar-refractivity contribution in [1.29, 1.82) is 0 Å². The standard InChI is InChI=1S/C21H20N2O4S2/c1-4-15-7-10-20(28-15)29(25,26)22-14-6-9-18-16(12-14)21(24)23(3)17-11-13(2)5-8-19(17)27-18/h5-12,22H,4H2,1-3H3. The number of carbonyl (C=O) groups is 1. The van der Waals surface area contributed by atoms with Crippen LogP contribution in [0.15, 0.2) is 52.7 Å². The average molecular weight is 429 g/mol. The number of nitrogens with zero attached hydrogens (tertiary/aromatic N) is 1. The van der Waals surface area contributed by atoms with Crippen LogP contribution in [0.3, 0.4) is 0 Å². The summed E-state index contributed by atoms with van der Waals surface area (Å²) < 4.78 is 34.2. The quantitative estimate of drug-likeness (QED) is 0.648. The van der Waals surface area contributed by atoms with Gasteiger partial charge in [0.2, 0.25) is 0 Å². The number of rotatable bonds is 4. The van der Waals surface area contributed by atoms with E-state index in [4.69, 9.17) is 4.74 Å². The first kappa shape index (κ1) is 19.5. The Morgan fingerprint density at radius 2 is 1.83 bits per heavy atom. The van der Waals surface area contributed by atoms with Gasteiger partial charge in [-0.3, -0.25) is 9.52 Å². The maximum Gasteiger partial charge on any atom is 0.271 e. The van der Waals surface area contributed by atoms with Gasteiger partial charge in [-0.05, 0) is 61.4 Å². The number of nitrogens with one attached hydrogen (secondary N) is 1. The molecular weight excluding hydrogens is 408 g/mol. The molecule has 1 aliphatic rings. The van der Waals surface area contributed by atoms with Gasteiger partial charge in [0.15, 0.2) is 5.75 Å². The van der Waals surface area contributed by atoms with E-state index in [-0.39, 0.29) is 10.1 Å². The average Bonchev–Trinajstić information content (AvgIpc) is 3.16. The lowest BCUT2D eigenvalue weighted by Crippen LogP contribution is -2.25. The summed E-state index contributed by atoms with van der Waals surface area (Å²) in [5.74, 6) is 0.691. The van der Waals surface area contributed by atoms with Crippen LogP contribution in [-0.2, 0) is 16.4 Å². The van der Waals surface area contributed by atoms with Gasteiger partial charge in [-0.1, -0.05) is 13.0 Å². The highest BCUT2D eigenvalue weighted by molar-refractivity contribution is 7.94. The number of amides is 1. The minimum atomic E-state index is -3.73. The lowest BCUT2D eigenvalue weighted by atomic mass is 10.1. The second kappa shape index (κ2) is 7.20. The third-order valence-electron chi connectivity index (χ3n) is 4.71. The van der Waals surface area contributed by atoms with Gasteiger partial charge in [-0.25, -0.2) is 8.42 Å². The van der Waals surface area contributed by atoms with Crippen molar-refractivity contribution in [3.8, 4) is 11.5 Å². The molecule has 6 nitrogen and oxygen atoms in total. The van der Waals surface area contributed by atoms with Crippen molar-refractivity contribution >= 4 is 38.6 Å². The Morgan fingerprint density at radius 1 is 1.07 bits per heavy atom. The maximum absolute atomic E-state index is 13.0. The molecule has 0 bridgehead atoms. The minimum absolute atomic E-state index is 0.242. The molecule has 0 fully saturated rings. The Bertz CT molecular complexity index is 1220. The van der Waals surface area contributed by atoms with Gasteiger partial charge in [-0.15, -0.1) is 11.3 Å². The molecule has 8 heteroatoms. The molecule has 150 valence electrons. The number of sulfonamides is 1. The van der Waals surface area contributed by atoms with E-state index in [0.717, 1.165) is 16.9 Å². The highest BCUT2D eigenvalue weighted by Gasteiger charge is 2.27. The van der Waals surface area contributed by atoms with E-state index >= 15 is 0 Å². The third-order valence-corrected chi connectivity index (χ3v) is 7.82. The van der Waals surface area contributed by atoms with E-state index < -0.39 is 10.0 Å². The number of thiophene rings is 1. The molecule has 0 atom stereocenters. The number of hydrogen-bond acceptors (Lipinski definition) is 5. The Hall–Kier alpha value is -2.84. The fourth-order valence-corrected chi connectivity index (χ4v) is 5.48. The topological polar surface area (TPSA) is 75.7 Å². The smallest absolute Gasteiger partial charge is 0.271 e. The molecule has 1 N–H and O–H groups in total. The lowest BCUT2D eigenvalue weighted by Gasteiger charge is -2.16. The summed E-state index contributed by atoms with van der Waals surface area (Å²) in [4.78, 5) is 15.5. The zero-order valence-electron chi connectivity index (χ0n) is 16.2. The minimum Gasteiger partial charge on any atom is -0.454 e. The Morgan fingerprint density at radius 3 is 2.55 bits per heavy atom. The van der Waals surface area contributed by atoms with E-state index in [0.29, 0.717) is 28.4 Å². The third kappa shape index (κ3) is 3.61. The van der Waals surface area contributed by atoms with Crippen LogP contribution in [0, 0.1) is 6.92 Å². The van der Waals surface area contributed by atoms with E-state index in [1.165, 1.54) is 22.3 Å². The Labute approximate surface area is 173 Å². The summed E-state index contributed by atoms with van der Waals surface area (Å²) in [6, 6.07) is 13.7. The van der Waals surface area contributed by atoms with Gasteiger partial charge in [-0.2, -0.15) is 0 Å². The number of benzene rings is 2. The monoisotopic (exact) mass is 428 g/mol. The molecule has 2 aromatic carbocycles. The predicted octanol–water partition coefficient (Wildman–Crippen LogP) is 4.80. The zero-order valence-corrected chi connectivity index (χ0v) is 17.9. The second-order valence-electron chi connectivity index (χ2n) is 6.83. The molecule has 2 heterocycles. The second-order valence-corrected chi connectivity index (χ2v) is 9.91. The Balaban J connectivity index is 1.69. The van der Waals surface area contributed by atoms with Gasteiger partial charge in [0.05, 0.1) is 11.3 Å². The summed E-state index contributed by atoms with van der Waals surface area (Å²) in [5.41, 5.74) is 2.28. The van der Waals surface area contributed by atoms with Crippen molar-refractivity contribution in [1.82, 2.24) is 0 Å². The van der Waals surface area contributed by atoms with Crippen LogP contribution in [0.2, 0.25) is 0 Å². The number of aryl methyl sites for hydroxylation is 2. The van der Waals surface area contributed by atoms with Crippen LogP contribution < -0.4 is 14.4 Å². The SMILES string of the molecule is CCc1ccc(S(=O)(=O)Nc2ccc3c(c2)C(=O)N(C)c2cc(C)ccc2O3)s1. The van der Waals surface area contributed by atoms with Crippen LogP contribution in [0.5, 0.6) is 11.5 Å². The van der Waals surface area contributed by atoms with Crippen molar-refractivity contribution < 1.29 is 17.9 Å². The van der Waals surface area contributed by atoms with Crippen LogP contribution in [0.25, 0.3) is 0 Å². The van der Waals surface area contributed by atoms with Crippen molar-refractivity contribution in [2.75, 3.05) is 16.7 Å². The summed E-state index contributed by atoms with van der Waals surface area (Å²) in [5, 5.41) is 0. The molecular formula is C21H20N2O4S2. The van der Waals surface area contributed by atoms with Crippen LogP contribution >= 0.6 is 11.3 Å². The lowest BCUT2D eigenvalue weighted by molar-refractivity contribution is 0.0993. The number of fused-ring (bicyclic) bond motifs is 2. The van der Waals surface area contributed by atoms with E-state index in [1.807, 2.05) is 38.1 Å². The zero-order chi connectivity index (χ0) is 20.8. The summed E-state index contributed by atoms with van der Waals surface area (Å²) in [7, 11) is -2.05. The van der Waals surface area contributed by atoms with Crippen LogP contribution in [-0.4, -0.2) is 21.4 Å². The molecule has 1 aromatic heterocycles. The van der Waals surface area contributed by atoms with E-state index in [1.54, 1.807) is 25.2 Å². The summed E-state index contributed by atoms with van der Waals surface area (Å²) >= 11 is 1.23. The molecule has 1 amide bonds. The molecule has 1 aliphatic heterocycles. The highest BCUT2D eigenvalue weighted by Crippen LogP contribution is 2.39. The van der Waals surface area contributed by atoms with Gasteiger partial charge in [0.25, 0.3) is 15.9 Å². The van der Waals surface area contributed by atoms with Crippen LogP contribution in [0.4, 0.5) is 11.4 Å². The first-order valence-corrected chi connectivity index (χ1v) is 11.4. The molecule has 3 aromatic rings. The summed E-state index contributed by atoms with van der Waals surface area (Å²) in [6.07, 6.45) is 0.775. The first-order chi connectivity index (χ1) is 13.8. The van der Waals surface area contributed by atoms with Crippen molar-refractivity contribution in [2.45, 2.75) is 24.5 Å². The predicted molar refractivity (Wildman–Crippen MR) is 115 cm³/mol. The molecule has 0 spiro atoms. The van der Waals surface area contributed by atoms with Crippen molar-refractivity contribution in [2.24, 2.45) is 0 Å². The van der Waals surface area contributed by atoms with Gasteiger partial charge < -0.3 is 9.64 Å². The van der Waals surface area contributed by atoms with Gasteiger partial charge in [0, 0.05) is 17.6 Å². The van der Waals surface area contributed by atoms with Crippen molar-refractivity contribution in [3.05, 3.63) is 64.5 Å². The van der Waals surface area contributed by atoms with Crippen molar-refractivity contribution in [3.63, 3.8) is 0 Å². The molecule has 4 rings (SSSR count). The van der Waals surface area contributed by atoms with Crippen LogP contribution in [0.1, 0.15) is 27.7 Å². The molecule has 0 radical (unpaired) electrons. The fourth-order valence-electron chi connectivity index (χ4n) is 3.13. The molecule has 0 saturated heterocycles. The maximum atomic E-state index is 13.0. The summed E-state index contributed by atoms with van der Waals surface area (Å²) in [6.45, 7) is 3.92. The molecule has 29 heavy (non-hydrogen) atoms. The molecule has 0 saturated carbocycles.